The standard InChI is InChI=1S/C13H12F3N3O/c1-7-5-9(6-8(2)11(7)17)20-10-3-4-18-12(19-10)13(14,15)16/h3-6H,17H2,1-2H3. The summed E-state index contributed by atoms with van der Waals surface area (Å²) in [5.74, 6) is -1.03. The molecule has 0 saturated carbocycles. The van der Waals surface area contributed by atoms with Crippen LogP contribution in [-0.2, 0) is 6.18 Å². The Morgan fingerprint density at radius 1 is 1.15 bits per heavy atom. The van der Waals surface area contributed by atoms with Crippen molar-refractivity contribution in [2.75, 3.05) is 5.73 Å². The molecule has 0 bridgehead atoms. The van der Waals surface area contributed by atoms with Crippen LogP contribution in [0.5, 0.6) is 11.6 Å². The zero-order valence-corrected chi connectivity index (χ0v) is 10.8. The molecule has 2 aromatic rings. The lowest BCUT2D eigenvalue weighted by Crippen LogP contribution is -2.10. The number of nitrogens with two attached hydrogens (primary N) is 1. The van der Waals surface area contributed by atoms with Crippen LogP contribution >= 0.6 is 0 Å². The lowest BCUT2D eigenvalue weighted by molar-refractivity contribution is -0.145. The summed E-state index contributed by atoms with van der Waals surface area (Å²) in [4.78, 5) is 6.50. The molecule has 0 unspecified atom stereocenters. The van der Waals surface area contributed by atoms with Crippen LogP contribution < -0.4 is 10.5 Å². The minimum Gasteiger partial charge on any atom is -0.439 e. The molecule has 1 aromatic heterocycles. The quantitative estimate of drug-likeness (QED) is 0.857. The van der Waals surface area contributed by atoms with Crippen LogP contribution in [0.3, 0.4) is 0 Å². The normalized spacial score (nSPS) is 11.4. The van der Waals surface area contributed by atoms with Gasteiger partial charge in [0.05, 0.1) is 0 Å². The molecule has 0 aliphatic rings. The van der Waals surface area contributed by atoms with Crippen molar-refractivity contribution in [3.8, 4) is 11.6 Å². The lowest BCUT2D eigenvalue weighted by atomic mass is 10.1. The zero-order valence-electron chi connectivity index (χ0n) is 10.8. The summed E-state index contributed by atoms with van der Waals surface area (Å²) < 4.78 is 42.8. The van der Waals surface area contributed by atoms with Gasteiger partial charge in [0, 0.05) is 18.0 Å². The number of aromatic nitrogens is 2. The first-order valence-electron chi connectivity index (χ1n) is 5.72. The maximum atomic E-state index is 12.5. The van der Waals surface area contributed by atoms with Gasteiger partial charge in [0.15, 0.2) is 0 Å². The lowest BCUT2D eigenvalue weighted by Gasteiger charge is -2.11. The Kier molecular flexibility index (Phi) is 3.52. The molecule has 0 atom stereocenters. The van der Waals surface area contributed by atoms with Crippen LogP contribution in [0.1, 0.15) is 17.0 Å². The van der Waals surface area contributed by atoms with Gasteiger partial charge in [-0.25, -0.2) is 4.98 Å². The number of benzene rings is 1. The largest absolute Gasteiger partial charge is 0.451 e. The number of nitrogens with zero attached hydrogens (tertiary/aromatic N) is 2. The van der Waals surface area contributed by atoms with Crippen molar-refractivity contribution in [3.05, 3.63) is 41.3 Å². The third-order valence-electron chi connectivity index (χ3n) is 2.67. The summed E-state index contributed by atoms with van der Waals surface area (Å²) in [7, 11) is 0. The van der Waals surface area contributed by atoms with E-state index < -0.39 is 12.0 Å². The van der Waals surface area contributed by atoms with Gasteiger partial charge >= 0.3 is 6.18 Å². The fourth-order valence-corrected chi connectivity index (χ4v) is 1.65. The fourth-order valence-electron chi connectivity index (χ4n) is 1.65. The number of hydrogen-bond donors (Lipinski definition) is 1. The molecule has 0 saturated heterocycles. The van der Waals surface area contributed by atoms with Crippen molar-refractivity contribution in [1.82, 2.24) is 9.97 Å². The fraction of sp³-hybridized carbons (Fsp3) is 0.231. The van der Waals surface area contributed by atoms with Gasteiger partial charge in [-0.1, -0.05) is 0 Å². The van der Waals surface area contributed by atoms with Gasteiger partial charge < -0.3 is 10.5 Å². The van der Waals surface area contributed by atoms with E-state index in [9.17, 15) is 13.2 Å². The van der Waals surface area contributed by atoms with Crippen LogP contribution in [0.25, 0.3) is 0 Å². The van der Waals surface area contributed by atoms with Crippen molar-refractivity contribution >= 4 is 5.69 Å². The Hall–Kier alpha value is -2.31. The Morgan fingerprint density at radius 3 is 2.30 bits per heavy atom. The van der Waals surface area contributed by atoms with Crippen molar-refractivity contribution < 1.29 is 17.9 Å². The molecule has 1 aromatic carbocycles. The minimum atomic E-state index is -4.60. The average molecular weight is 283 g/mol. The maximum absolute atomic E-state index is 12.5. The van der Waals surface area contributed by atoms with E-state index in [4.69, 9.17) is 10.5 Å². The molecule has 2 N–H and O–H groups in total. The van der Waals surface area contributed by atoms with Crippen LogP contribution in [-0.4, -0.2) is 9.97 Å². The molecule has 4 nitrogen and oxygen atoms in total. The molecular weight excluding hydrogens is 271 g/mol. The van der Waals surface area contributed by atoms with Crippen LogP contribution in [0.15, 0.2) is 24.4 Å². The first-order valence-corrected chi connectivity index (χ1v) is 5.72. The number of aryl methyl sites for hydroxylation is 2. The number of anilines is 1. The summed E-state index contributed by atoms with van der Waals surface area (Å²) >= 11 is 0. The van der Waals surface area contributed by atoms with E-state index in [0.29, 0.717) is 11.4 Å². The van der Waals surface area contributed by atoms with Crippen LogP contribution in [0, 0.1) is 13.8 Å². The Labute approximate surface area is 113 Å². The summed E-state index contributed by atoms with van der Waals surface area (Å²) in [6.07, 6.45) is -3.60. The number of hydrogen-bond acceptors (Lipinski definition) is 4. The highest BCUT2D eigenvalue weighted by Gasteiger charge is 2.34. The van der Waals surface area contributed by atoms with Gasteiger partial charge in [0.1, 0.15) is 5.75 Å². The summed E-state index contributed by atoms with van der Waals surface area (Å²) in [6, 6.07) is 4.53. The SMILES string of the molecule is Cc1cc(Oc2ccnc(C(F)(F)F)n2)cc(C)c1N. The highest BCUT2D eigenvalue weighted by molar-refractivity contribution is 5.56. The van der Waals surface area contributed by atoms with Crippen LogP contribution in [0.2, 0.25) is 0 Å². The minimum absolute atomic E-state index is 0.170. The van der Waals surface area contributed by atoms with Crippen molar-refractivity contribution in [3.63, 3.8) is 0 Å². The van der Waals surface area contributed by atoms with Crippen molar-refractivity contribution in [2.45, 2.75) is 20.0 Å². The summed E-state index contributed by atoms with van der Waals surface area (Å²) in [5.41, 5.74) is 7.98. The Balaban J connectivity index is 2.31. The number of ether oxygens (including phenoxy) is 1. The second-order valence-electron chi connectivity index (χ2n) is 4.29. The van der Waals surface area contributed by atoms with E-state index in [0.717, 1.165) is 17.3 Å². The first-order chi connectivity index (χ1) is 9.27. The molecule has 106 valence electrons. The Bertz CT molecular complexity index is 618. The molecule has 20 heavy (non-hydrogen) atoms. The second kappa shape index (κ2) is 4.99. The number of rotatable bonds is 2. The first kappa shape index (κ1) is 14.1. The highest BCUT2D eigenvalue weighted by Crippen LogP contribution is 2.29. The molecule has 0 amide bonds. The molecule has 0 fully saturated rings. The molecule has 2 rings (SSSR count). The van der Waals surface area contributed by atoms with E-state index in [1.54, 1.807) is 26.0 Å². The van der Waals surface area contributed by atoms with E-state index in [1.807, 2.05) is 0 Å². The van der Waals surface area contributed by atoms with Gasteiger partial charge in [0.25, 0.3) is 0 Å². The molecule has 1 heterocycles. The molecule has 0 radical (unpaired) electrons. The number of halogens is 3. The number of alkyl halides is 3. The summed E-state index contributed by atoms with van der Waals surface area (Å²) in [6.45, 7) is 3.58. The smallest absolute Gasteiger partial charge is 0.439 e. The molecule has 0 aliphatic carbocycles. The molecule has 0 aliphatic heterocycles. The van der Waals surface area contributed by atoms with Gasteiger partial charge in [-0.15, -0.1) is 0 Å². The average Bonchev–Trinajstić information content (AvgIpc) is 2.35. The van der Waals surface area contributed by atoms with E-state index in [-0.39, 0.29) is 5.88 Å². The Morgan fingerprint density at radius 2 is 1.75 bits per heavy atom. The monoisotopic (exact) mass is 283 g/mol. The molecule has 0 spiro atoms. The van der Waals surface area contributed by atoms with E-state index in [1.165, 1.54) is 6.07 Å². The van der Waals surface area contributed by atoms with E-state index >= 15 is 0 Å². The zero-order chi connectivity index (χ0) is 14.9. The highest BCUT2D eigenvalue weighted by atomic mass is 19.4. The third kappa shape index (κ3) is 2.98. The van der Waals surface area contributed by atoms with Crippen molar-refractivity contribution in [2.24, 2.45) is 0 Å². The molecule has 7 heteroatoms. The van der Waals surface area contributed by atoms with Gasteiger partial charge in [-0.05, 0) is 37.1 Å². The number of nitrogen functional groups attached to an aromatic ring is 1. The van der Waals surface area contributed by atoms with Gasteiger partial charge in [-0.2, -0.15) is 18.2 Å². The van der Waals surface area contributed by atoms with Crippen molar-refractivity contribution in [1.29, 1.82) is 0 Å². The third-order valence-corrected chi connectivity index (χ3v) is 2.67. The van der Waals surface area contributed by atoms with E-state index in [2.05, 4.69) is 9.97 Å². The molecular formula is C13H12F3N3O. The summed E-state index contributed by atoms with van der Waals surface area (Å²) in [5, 5.41) is 0. The van der Waals surface area contributed by atoms with Crippen LogP contribution in [0.4, 0.5) is 18.9 Å². The van der Waals surface area contributed by atoms with Gasteiger partial charge in [-0.3, -0.25) is 0 Å². The topological polar surface area (TPSA) is 61.0 Å². The maximum Gasteiger partial charge on any atom is 0.451 e. The predicted molar refractivity (Wildman–Crippen MR) is 67.4 cm³/mol. The second-order valence-corrected chi connectivity index (χ2v) is 4.29. The van der Waals surface area contributed by atoms with Gasteiger partial charge in [0.2, 0.25) is 11.7 Å². The predicted octanol–water partition coefficient (Wildman–Crippen LogP) is 3.49.